The number of ketones is 2. The van der Waals surface area contributed by atoms with Gasteiger partial charge < -0.3 is 9.47 Å². The van der Waals surface area contributed by atoms with E-state index in [-0.39, 0.29) is 9.75 Å². The minimum atomic E-state index is -0.689. The maximum atomic E-state index is 13.0. The zero-order chi connectivity index (χ0) is 24.8. The average molecular weight is 553 g/mol. The smallest absolute Gasteiger partial charge is 0.244 e. The standard InChI is InChI=1S/C26H14Cl2N2O4S2/c27-23-13-5-1-3-7-15(13)29-25(33-23)19-11-9-17(35-19)21(31)22(32)18-10-12-20(36-18)26-30-16-8-4-2-6-14(16)24(28)34-26/h1-12,23-24H. The summed E-state index contributed by atoms with van der Waals surface area (Å²) >= 11 is 15.0. The Labute approximate surface area is 223 Å². The van der Waals surface area contributed by atoms with Crippen molar-refractivity contribution in [3.05, 3.63) is 103 Å². The van der Waals surface area contributed by atoms with Gasteiger partial charge in [0.25, 0.3) is 0 Å². The Bertz CT molecular complexity index is 1470. The summed E-state index contributed by atoms with van der Waals surface area (Å²) in [4.78, 5) is 36.8. The number of alkyl halides is 2. The number of carbonyl (C=O) groups excluding carboxylic acids is 2. The van der Waals surface area contributed by atoms with Gasteiger partial charge in [0.2, 0.25) is 34.5 Å². The molecular formula is C26H14Cl2N2O4S2. The molecule has 0 aliphatic carbocycles. The van der Waals surface area contributed by atoms with Gasteiger partial charge in [-0.1, -0.05) is 59.6 Å². The van der Waals surface area contributed by atoms with Crippen LogP contribution in [0.15, 0.2) is 82.8 Å². The molecule has 0 bridgehead atoms. The highest BCUT2D eigenvalue weighted by molar-refractivity contribution is 7.19. The number of Topliss-reactive ketones (excluding diaryl/α,β-unsaturated/α-hetero) is 2. The predicted molar refractivity (Wildman–Crippen MR) is 142 cm³/mol. The van der Waals surface area contributed by atoms with Crippen molar-refractivity contribution in [1.29, 1.82) is 0 Å². The molecule has 2 aliphatic heterocycles. The lowest BCUT2D eigenvalue weighted by Crippen LogP contribution is -2.13. The summed E-state index contributed by atoms with van der Waals surface area (Å²) < 4.78 is 11.5. The van der Waals surface area contributed by atoms with E-state index >= 15 is 0 Å². The number of fused-ring (bicyclic) bond motifs is 2. The Kier molecular flexibility index (Phi) is 5.97. The maximum absolute atomic E-state index is 13.0. The first-order valence-corrected chi connectivity index (χ1v) is 13.2. The molecule has 178 valence electrons. The number of benzene rings is 2. The van der Waals surface area contributed by atoms with Gasteiger partial charge in [-0.15, -0.1) is 22.7 Å². The molecule has 2 aromatic heterocycles. The van der Waals surface area contributed by atoms with Gasteiger partial charge in [-0.2, -0.15) is 0 Å². The molecule has 0 N–H and O–H groups in total. The van der Waals surface area contributed by atoms with Crippen molar-refractivity contribution in [1.82, 2.24) is 0 Å². The molecule has 6 nitrogen and oxygen atoms in total. The van der Waals surface area contributed by atoms with Crippen molar-refractivity contribution in [2.75, 3.05) is 0 Å². The van der Waals surface area contributed by atoms with Crippen LogP contribution in [0, 0.1) is 0 Å². The van der Waals surface area contributed by atoms with E-state index in [2.05, 4.69) is 9.98 Å². The van der Waals surface area contributed by atoms with Gasteiger partial charge in [0.05, 0.1) is 30.9 Å². The monoisotopic (exact) mass is 552 g/mol. The van der Waals surface area contributed by atoms with Gasteiger partial charge >= 0.3 is 0 Å². The van der Waals surface area contributed by atoms with Crippen LogP contribution in [0.25, 0.3) is 0 Å². The SMILES string of the molecule is O=C(C(=O)c1ccc(C2=Nc3ccccc3C(Cl)O2)s1)c1ccc(C2=Nc3ccccc3C(Cl)O2)s1. The first-order valence-electron chi connectivity index (χ1n) is 10.7. The number of ether oxygens (including phenoxy) is 2. The fourth-order valence-electron chi connectivity index (χ4n) is 3.76. The second kappa shape index (κ2) is 9.29. The molecule has 0 spiro atoms. The number of rotatable bonds is 5. The summed E-state index contributed by atoms with van der Waals surface area (Å²) in [6.45, 7) is 0. The van der Waals surface area contributed by atoms with Crippen molar-refractivity contribution >= 4 is 80.6 Å². The molecule has 6 rings (SSSR count). The van der Waals surface area contributed by atoms with Crippen molar-refractivity contribution in [3.63, 3.8) is 0 Å². The molecule has 10 heteroatoms. The highest BCUT2D eigenvalue weighted by Gasteiger charge is 2.28. The minimum Gasteiger partial charge on any atom is -0.452 e. The molecular weight excluding hydrogens is 539 g/mol. The van der Waals surface area contributed by atoms with Gasteiger partial charge in [-0.25, -0.2) is 9.98 Å². The minimum absolute atomic E-state index is 0.280. The van der Waals surface area contributed by atoms with Crippen LogP contribution in [0.2, 0.25) is 0 Å². The molecule has 2 aromatic carbocycles. The van der Waals surface area contributed by atoms with Gasteiger partial charge in [0, 0.05) is 11.1 Å². The molecule has 36 heavy (non-hydrogen) atoms. The van der Waals surface area contributed by atoms with Gasteiger partial charge in [-0.05, 0) is 36.4 Å². The molecule has 0 amide bonds. The first-order chi connectivity index (χ1) is 17.5. The van der Waals surface area contributed by atoms with Crippen LogP contribution >= 0.6 is 45.9 Å². The van der Waals surface area contributed by atoms with Gasteiger partial charge in [0.1, 0.15) is 0 Å². The highest BCUT2D eigenvalue weighted by atomic mass is 35.5. The van der Waals surface area contributed by atoms with Crippen LogP contribution in [0.5, 0.6) is 0 Å². The molecule has 2 aliphatic rings. The molecule has 4 aromatic rings. The first kappa shape index (κ1) is 23.1. The highest BCUT2D eigenvalue weighted by Crippen LogP contribution is 2.39. The summed E-state index contributed by atoms with van der Waals surface area (Å²) in [6.07, 6.45) is 0. The van der Waals surface area contributed by atoms with Crippen molar-refractivity contribution in [3.8, 4) is 0 Å². The number of hydrogen-bond acceptors (Lipinski definition) is 8. The van der Waals surface area contributed by atoms with Crippen LogP contribution in [0.4, 0.5) is 11.4 Å². The topological polar surface area (TPSA) is 77.3 Å². The number of carbonyl (C=O) groups is 2. The third kappa shape index (κ3) is 4.16. The molecule has 0 fully saturated rings. The van der Waals surface area contributed by atoms with Crippen LogP contribution in [0.1, 0.15) is 51.4 Å². The van der Waals surface area contributed by atoms with Crippen molar-refractivity contribution in [2.24, 2.45) is 9.98 Å². The molecule has 2 unspecified atom stereocenters. The van der Waals surface area contributed by atoms with E-state index in [4.69, 9.17) is 32.7 Å². The Morgan fingerprint density at radius 2 is 1.06 bits per heavy atom. The third-order valence-corrected chi connectivity index (χ3v) is 8.32. The maximum Gasteiger partial charge on any atom is 0.244 e. The summed E-state index contributed by atoms with van der Waals surface area (Å²) in [5.41, 5.74) is 1.58. The molecule has 0 saturated carbocycles. The Hall–Kier alpha value is -3.30. The van der Waals surface area contributed by atoms with E-state index in [0.29, 0.717) is 32.9 Å². The molecule has 4 heterocycles. The Balaban J connectivity index is 1.22. The van der Waals surface area contributed by atoms with Gasteiger partial charge in [0.15, 0.2) is 0 Å². The molecule has 2 atom stereocenters. The zero-order valence-corrected chi connectivity index (χ0v) is 21.3. The fourth-order valence-corrected chi connectivity index (χ4v) is 6.05. The summed E-state index contributed by atoms with van der Waals surface area (Å²) in [5, 5.41) is 0. The second-order valence-electron chi connectivity index (χ2n) is 7.81. The molecule has 0 radical (unpaired) electrons. The average Bonchev–Trinajstić information content (AvgIpc) is 3.59. The summed E-state index contributed by atoms with van der Waals surface area (Å²) in [6, 6.07) is 21.4. The molecule has 0 saturated heterocycles. The lowest BCUT2D eigenvalue weighted by Gasteiger charge is -2.20. The normalized spacial score (nSPS) is 18.2. The van der Waals surface area contributed by atoms with E-state index in [9.17, 15) is 9.59 Å². The second-order valence-corrected chi connectivity index (χ2v) is 10.8. The van der Waals surface area contributed by atoms with E-state index in [1.165, 1.54) is 0 Å². The lowest BCUT2D eigenvalue weighted by molar-refractivity contribution is 0.0821. The Morgan fingerprint density at radius 1 is 0.639 bits per heavy atom. The summed E-state index contributed by atoms with van der Waals surface area (Å²) in [7, 11) is 0. The number of hydrogen-bond donors (Lipinski definition) is 0. The number of nitrogens with zero attached hydrogens (tertiary/aromatic N) is 2. The van der Waals surface area contributed by atoms with E-state index in [0.717, 1.165) is 33.8 Å². The number of aliphatic imine (C=N–C) groups is 2. The number of halogens is 2. The number of thiophene rings is 2. The van der Waals surface area contributed by atoms with Crippen LogP contribution in [-0.4, -0.2) is 23.4 Å². The largest absolute Gasteiger partial charge is 0.452 e. The van der Waals surface area contributed by atoms with E-state index < -0.39 is 22.7 Å². The number of para-hydroxylation sites is 2. The quantitative estimate of drug-likeness (QED) is 0.145. The zero-order valence-electron chi connectivity index (χ0n) is 18.2. The van der Waals surface area contributed by atoms with Crippen molar-refractivity contribution < 1.29 is 19.1 Å². The lowest BCUT2D eigenvalue weighted by atomic mass is 10.1. The van der Waals surface area contributed by atoms with E-state index in [1.54, 1.807) is 24.3 Å². The third-order valence-electron chi connectivity index (χ3n) is 5.52. The van der Waals surface area contributed by atoms with E-state index in [1.807, 2.05) is 48.5 Å². The van der Waals surface area contributed by atoms with Crippen LogP contribution in [0.3, 0.4) is 0 Å². The predicted octanol–water partition coefficient (Wildman–Crippen LogP) is 7.57. The van der Waals surface area contributed by atoms with Gasteiger partial charge in [-0.3, -0.25) is 9.59 Å². The van der Waals surface area contributed by atoms with Crippen LogP contribution < -0.4 is 0 Å². The van der Waals surface area contributed by atoms with Crippen molar-refractivity contribution in [2.45, 2.75) is 11.1 Å². The van der Waals surface area contributed by atoms with Crippen LogP contribution in [-0.2, 0) is 9.47 Å². The Morgan fingerprint density at radius 3 is 1.50 bits per heavy atom. The summed E-state index contributed by atoms with van der Waals surface area (Å²) in [5.74, 6) is -0.615. The fraction of sp³-hybridized carbons (Fsp3) is 0.0769.